The third-order valence-electron chi connectivity index (χ3n) is 5.08. The number of guanidine groups is 1. The summed E-state index contributed by atoms with van der Waals surface area (Å²) in [6, 6.07) is 4.81. The normalized spacial score (nSPS) is 22.8. The summed E-state index contributed by atoms with van der Waals surface area (Å²) in [7, 11) is 1.89. The lowest BCUT2D eigenvalue weighted by molar-refractivity contribution is 0.188. The number of nitrogens with one attached hydrogen (secondary N) is 1. The Morgan fingerprint density at radius 3 is 3.08 bits per heavy atom. The van der Waals surface area contributed by atoms with Crippen LogP contribution in [-0.2, 0) is 6.42 Å². The molecule has 0 saturated carbocycles. The number of aromatic nitrogens is 2. The third kappa shape index (κ3) is 4.63. The first-order chi connectivity index (χ1) is 12.2. The van der Waals surface area contributed by atoms with Crippen molar-refractivity contribution in [2.75, 3.05) is 26.7 Å². The molecule has 0 bridgehead atoms. The topological polar surface area (TPSA) is 45.5 Å². The predicted octanol–water partition coefficient (Wildman–Crippen LogP) is 3.28. The van der Waals surface area contributed by atoms with Gasteiger partial charge in [0.15, 0.2) is 5.96 Å². The minimum atomic E-state index is 0.457. The van der Waals surface area contributed by atoms with Crippen LogP contribution in [-0.4, -0.2) is 47.1 Å². The quantitative estimate of drug-likeness (QED) is 0.658. The van der Waals surface area contributed by atoms with Crippen LogP contribution in [0.15, 0.2) is 41.2 Å². The molecule has 25 heavy (non-hydrogen) atoms. The molecule has 6 heteroatoms. The smallest absolute Gasteiger partial charge is 0.193 e. The van der Waals surface area contributed by atoms with Gasteiger partial charge in [-0.1, -0.05) is 19.9 Å². The van der Waals surface area contributed by atoms with Gasteiger partial charge in [-0.2, -0.15) is 0 Å². The number of aliphatic imine (C=N–C) groups is 1. The number of hydrogen-bond acceptors (Lipinski definition) is 3. The summed E-state index contributed by atoms with van der Waals surface area (Å²) in [5.74, 6) is 2.26. The van der Waals surface area contributed by atoms with E-state index < -0.39 is 0 Å². The maximum Gasteiger partial charge on any atom is 0.193 e. The Kier molecular flexibility index (Phi) is 6.13. The van der Waals surface area contributed by atoms with Crippen molar-refractivity contribution in [2.24, 2.45) is 16.8 Å². The average Bonchev–Trinajstić information content (AvgIpc) is 3.30. The van der Waals surface area contributed by atoms with Crippen LogP contribution in [0.25, 0.3) is 0 Å². The summed E-state index contributed by atoms with van der Waals surface area (Å²) in [6.45, 7) is 7.63. The van der Waals surface area contributed by atoms with Crippen LogP contribution < -0.4 is 5.32 Å². The highest BCUT2D eigenvalue weighted by atomic mass is 32.1. The molecule has 3 unspecified atom stereocenters. The zero-order valence-corrected chi connectivity index (χ0v) is 16.2. The summed E-state index contributed by atoms with van der Waals surface area (Å²) in [6.07, 6.45) is 8.17. The molecule has 3 atom stereocenters. The van der Waals surface area contributed by atoms with E-state index in [2.05, 4.69) is 62.3 Å². The van der Waals surface area contributed by atoms with Crippen molar-refractivity contribution in [3.8, 4) is 0 Å². The van der Waals surface area contributed by atoms with Gasteiger partial charge in [-0.05, 0) is 36.1 Å². The minimum Gasteiger partial charge on any atom is -0.356 e. The molecule has 136 valence electrons. The number of imidazole rings is 1. The van der Waals surface area contributed by atoms with Gasteiger partial charge >= 0.3 is 0 Å². The number of nitrogens with zero attached hydrogens (tertiary/aromatic N) is 4. The second-order valence-electron chi connectivity index (χ2n) is 7.11. The molecule has 0 spiro atoms. The maximum absolute atomic E-state index is 4.53. The molecular weight excluding hydrogens is 330 g/mol. The first-order valence-corrected chi connectivity index (χ1v) is 10.0. The first kappa shape index (κ1) is 18.0. The van der Waals surface area contributed by atoms with Crippen LogP contribution in [0, 0.1) is 11.8 Å². The Morgan fingerprint density at radius 1 is 1.52 bits per heavy atom. The number of likely N-dealkylation sites (tertiary alicyclic amines) is 1. The van der Waals surface area contributed by atoms with E-state index in [1.165, 1.54) is 11.3 Å². The van der Waals surface area contributed by atoms with Crippen molar-refractivity contribution in [1.29, 1.82) is 0 Å². The molecule has 3 rings (SSSR count). The molecule has 2 aromatic rings. The molecule has 0 aromatic carbocycles. The van der Waals surface area contributed by atoms with E-state index in [9.17, 15) is 0 Å². The molecule has 1 N–H and O–H groups in total. The maximum atomic E-state index is 4.53. The van der Waals surface area contributed by atoms with Gasteiger partial charge in [0.2, 0.25) is 0 Å². The van der Waals surface area contributed by atoms with Crippen LogP contribution in [0.3, 0.4) is 0 Å². The van der Waals surface area contributed by atoms with Crippen LogP contribution in [0.4, 0.5) is 0 Å². The van der Waals surface area contributed by atoms with E-state index in [-0.39, 0.29) is 0 Å². The largest absolute Gasteiger partial charge is 0.356 e. The lowest BCUT2D eigenvalue weighted by atomic mass is 9.93. The fraction of sp³-hybridized carbons (Fsp3) is 0.579. The number of rotatable bonds is 5. The molecule has 0 amide bonds. The van der Waals surface area contributed by atoms with Gasteiger partial charge in [0.25, 0.3) is 0 Å². The Hall–Kier alpha value is -1.82. The van der Waals surface area contributed by atoms with E-state index >= 15 is 0 Å². The van der Waals surface area contributed by atoms with Crippen LogP contribution >= 0.6 is 11.3 Å². The van der Waals surface area contributed by atoms with Crippen LogP contribution in [0.5, 0.6) is 0 Å². The third-order valence-corrected chi connectivity index (χ3v) is 5.97. The van der Waals surface area contributed by atoms with Gasteiger partial charge in [0.05, 0.1) is 12.4 Å². The summed E-state index contributed by atoms with van der Waals surface area (Å²) in [5.41, 5.74) is 0. The van der Waals surface area contributed by atoms with Crippen molar-refractivity contribution in [1.82, 2.24) is 19.8 Å². The van der Waals surface area contributed by atoms with Gasteiger partial charge in [-0.3, -0.25) is 4.99 Å². The molecule has 1 saturated heterocycles. The summed E-state index contributed by atoms with van der Waals surface area (Å²) in [4.78, 5) is 12.6. The van der Waals surface area contributed by atoms with Crippen LogP contribution in [0.2, 0.25) is 0 Å². The Morgan fingerprint density at radius 2 is 2.40 bits per heavy atom. The average molecular weight is 360 g/mol. The van der Waals surface area contributed by atoms with Gasteiger partial charge in [-0.25, -0.2) is 4.98 Å². The molecule has 1 aliphatic rings. The molecule has 0 radical (unpaired) electrons. The van der Waals surface area contributed by atoms with E-state index in [4.69, 9.17) is 0 Å². The van der Waals surface area contributed by atoms with Gasteiger partial charge in [0.1, 0.15) is 0 Å². The van der Waals surface area contributed by atoms with Crippen molar-refractivity contribution >= 4 is 17.3 Å². The lowest BCUT2D eigenvalue weighted by Gasteiger charge is -2.39. The van der Waals surface area contributed by atoms with E-state index in [0.717, 1.165) is 32.0 Å². The van der Waals surface area contributed by atoms with E-state index in [1.54, 1.807) is 0 Å². The Bertz CT molecular complexity index is 649. The molecule has 0 aliphatic carbocycles. The highest BCUT2D eigenvalue weighted by Gasteiger charge is 2.28. The van der Waals surface area contributed by atoms with E-state index in [0.29, 0.717) is 17.9 Å². The standard InChI is InChI=1S/C19H29N5S/c1-15(11-17-5-4-10-25-17)12-22-19(20-3)23-8-6-16(2)18(13-23)24-9-7-21-14-24/h4-5,7,9-10,14-16,18H,6,8,11-13H2,1-3H3,(H,20,22). The highest BCUT2D eigenvalue weighted by molar-refractivity contribution is 7.09. The number of hydrogen-bond donors (Lipinski definition) is 1. The zero-order chi connectivity index (χ0) is 17.6. The second-order valence-corrected chi connectivity index (χ2v) is 8.14. The fourth-order valence-electron chi connectivity index (χ4n) is 3.54. The second kappa shape index (κ2) is 8.52. The van der Waals surface area contributed by atoms with E-state index in [1.807, 2.05) is 30.9 Å². The lowest BCUT2D eigenvalue weighted by Crippen LogP contribution is -2.49. The molecule has 1 aliphatic heterocycles. The number of thiophene rings is 1. The molecule has 1 fully saturated rings. The summed E-state index contributed by atoms with van der Waals surface area (Å²) >= 11 is 1.84. The fourth-order valence-corrected chi connectivity index (χ4v) is 4.41. The van der Waals surface area contributed by atoms with Crippen molar-refractivity contribution in [3.05, 3.63) is 41.1 Å². The van der Waals surface area contributed by atoms with Gasteiger partial charge in [0, 0.05) is 44.0 Å². The minimum absolute atomic E-state index is 0.457. The molecule has 5 nitrogen and oxygen atoms in total. The first-order valence-electron chi connectivity index (χ1n) is 9.12. The Balaban J connectivity index is 1.55. The number of piperidine rings is 1. The summed E-state index contributed by atoms with van der Waals surface area (Å²) < 4.78 is 2.24. The highest BCUT2D eigenvalue weighted by Crippen LogP contribution is 2.27. The summed E-state index contributed by atoms with van der Waals surface area (Å²) in [5, 5.41) is 5.74. The van der Waals surface area contributed by atoms with Gasteiger partial charge < -0.3 is 14.8 Å². The zero-order valence-electron chi connectivity index (χ0n) is 15.4. The molecule has 3 heterocycles. The Labute approximate surface area is 154 Å². The van der Waals surface area contributed by atoms with Crippen molar-refractivity contribution in [2.45, 2.75) is 32.7 Å². The van der Waals surface area contributed by atoms with Crippen LogP contribution in [0.1, 0.15) is 31.2 Å². The van der Waals surface area contributed by atoms with Crippen molar-refractivity contribution < 1.29 is 0 Å². The molecular formula is C19H29N5S. The SMILES string of the molecule is CN=C(NCC(C)Cc1cccs1)N1CCC(C)C(n2ccnc2)C1. The monoisotopic (exact) mass is 359 g/mol. The molecule has 2 aromatic heterocycles. The van der Waals surface area contributed by atoms with Crippen molar-refractivity contribution in [3.63, 3.8) is 0 Å². The predicted molar refractivity (Wildman–Crippen MR) is 105 cm³/mol. The van der Waals surface area contributed by atoms with Gasteiger partial charge in [-0.15, -0.1) is 11.3 Å².